The molecule has 0 unspecified atom stereocenters. The van der Waals surface area contributed by atoms with E-state index in [1.54, 1.807) is 24.3 Å². The molecule has 1 aromatic carbocycles. The quantitative estimate of drug-likeness (QED) is 0.824. The zero-order valence-corrected chi connectivity index (χ0v) is 11.7. The topological polar surface area (TPSA) is 46.9 Å². The van der Waals surface area contributed by atoms with Crippen LogP contribution < -0.4 is 5.32 Å². The average molecular weight is 275 g/mol. The third kappa shape index (κ3) is 4.44. The van der Waals surface area contributed by atoms with Gasteiger partial charge in [-0.15, -0.1) is 11.8 Å². The van der Waals surface area contributed by atoms with Gasteiger partial charge < -0.3 is 9.88 Å². The van der Waals surface area contributed by atoms with Crippen LogP contribution in [-0.2, 0) is 11.3 Å². The van der Waals surface area contributed by atoms with Gasteiger partial charge in [-0.2, -0.15) is 0 Å². The van der Waals surface area contributed by atoms with Gasteiger partial charge in [0.15, 0.2) is 0 Å². The zero-order valence-electron chi connectivity index (χ0n) is 10.9. The summed E-state index contributed by atoms with van der Waals surface area (Å²) in [4.78, 5) is 16.9. The third-order valence-corrected chi connectivity index (χ3v) is 3.50. The largest absolute Gasteiger partial charge is 0.337 e. The summed E-state index contributed by atoms with van der Waals surface area (Å²) in [5.41, 5.74) is 0.852. The van der Waals surface area contributed by atoms with Crippen LogP contribution in [0.15, 0.2) is 47.9 Å². The number of rotatable bonds is 6. The molecule has 5 heteroatoms. The van der Waals surface area contributed by atoms with E-state index in [1.807, 2.05) is 41.3 Å². The van der Waals surface area contributed by atoms with Crippen molar-refractivity contribution in [3.05, 3.63) is 43.0 Å². The number of hydrogen-bond donors (Lipinski definition) is 1. The molecule has 0 saturated carbocycles. The van der Waals surface area contributed by atoms with Gasteiger partial charge in [0.05, 0.1) is 6.33 Å². The highest BCUT2D eigenvalue weighted by Gasteiger charge is 2.02. The van der Waals surface area contributed by atoms with Crippen LogP contribution in [0, 0.1) is 0 Å². The van der Waals surface area contributed by atoms with E-state index in [1.165, 1.54) is 4.90 Å². The monoisotopic (exact) mass is 275 g/mol. The summed E-state index contributed by atoms with van der Waals surface area (Å²) in [7, 11) is 0. The summed E-state index contributed by atoms with van der Waals surface area (Å²) in [6, 6.07) is 7.87. The Kier molecular flexibility index (Phi) is 5.03. The van der Waals surface area contributed by atoms with Crippen molar-refractivity contribution in [1.82, 2.24) is 9.55 Å². The summed E-state index contributed by atoms with van der Waals surface area (Å²) in [6.07, 6.45) is 8.77. The van der Waals surface area contributed by atoms with E-state index in [0.717, 1.165) is 18.7 Å². The molecule has 100 valence electrons. The second kappa shape index (κ2) is 6.99. The molecule has 19 heavy (non-hydrogen) atoms. The van der Waals surface area contributed by atoms with Gasteiger partial charge in [-0.05, 0) is 36.9 Å². The first kappa shape index (κ1) is 13.7. The van der Waals surface area contributed by atoms with Crippen LogP contribution in [0.2, 0.25) is 0 Å². The normalized spacial score (nSPS) is 10.4. The first-order valence-corrected chi connectivity index (χ1v) is 7.40. The molecule has 0 spiro atoms. The molecule has 1 heterocycles. The summed E-state index contributed by atoms with van der Waals surface area (Å²) in [5, 5.41) is 2.90. The van der Waals surface area contributed by atoms with Crippen LogP contribution in [-0.4, -0.2) is 21.7 Å². The van der Waals surface area contributed by atoms with Crippen LogP contribution in [0.3, 0.4) is 0 Å². The fourth-order valence-corrected chi connectivity index (χ4v) is 2.15. The Balaban J connectivity index is 1.74. The number of hydrogen-bond acceptors (Lipinski definition) is 3. The minimum absolute atomic E-state index is 0.0528. The number of nitrogens with one attached hydrogen (secondary N) is 1. The SMILES string of the molecule is CSc1ccc(NC(=O)CCCn2ccnc2)cc1. The molecule has 1 N–H and O–H groups in total. The Morgan fingerprint density at radius 3 is 2.79 bits per heavy atom. The highest BCUT2D eigenvalue weighted by atomic mass is 32.2. The number of nitrogens with zero attached hydrogens (tertiary/aromatic N) is 2. The van der Waals surface area contributed by atoms with Crippen molar-refractivity contribution < 1.29 is 4.79 Å². The lowest BCUT2D eigenvalue weighted by Gasteiger charge is -2.06. The number of carbonyl (C=O) groups excluding carboxylic acids is 1. The molecule has 2 aromatic rings. The van der Waals surface area contributed by atoms with Crippen LogP contribution in [0.25, 0.3) is 0 Å². The van der Waals surface area contributed by atoms with E-state index in [4.69, 9.17) is 0 Å². The predicted molar refractivity (Wildman–Crippen MR) is 78.3 cm³/mol. The maximum Gasteiger partial charge on any atom is 0.224 e. The fraction of sp³-hybridized carbons (Fsp3) is 0.286. The van der Waals surface area contributed by atoms with Crippen LogP contribution in [0.1, 0.15) is 12.8 Å². The number of carbonyl (C=O) groups is 1. The van der Waals surface area contributed by atoms with E-state index < -0.39 is 0 Å². The molecular formula is C14H17N3OS. The Morgan fingerprint density at radius 1 is 1.37 bits per heavy atom. The van der Waals surface area contributed by atoms with Crippen molar-refractivity contribution in [2.75, 3.05) is 11.6 Å². The minimum atomic E-state index is 0.0528. The molecule has 1 aromatic heterocycles. The number of anilines is 1. The molecule has 0 bridgehead atoms. The first-order valence-electron chi connectivity index (χ1n) is 6.17. The lowest BCUT2D eigenvalue weighted by Crippen LogP contribution is -2.12. The molecule has 0 radical (unpaired) electrons. The molecule has 0 atom stereocenters. The summed E-state index contributed by atoms with van der Waals surface area (Å²) < 4.78 is 1.97. The van der Waals surface area contributed by atoms with Crippen molar-refractivity contribution >= 4 is 23.4 Å². The van der Waals surface area contributed by atoms with Gasteiger partial charge in [0.2, 0.25) is 5.91 Å². The van der Waals surface area contributed by atoms with Gasteiger partial charge in [-0.1, -0.05) is 0 Å². The molecule has 2 rings (SSSR count). The maximum atomic E-state index is 11.8. The summed E-state index contributed by atoms with van der Waals surface area (Å²) >= 11 is 1.69. The zero-order chi connectivity index (χ0) is 13.5. The summed E-state index contributed by atoms with van der Waals surface area (Å²) in [6.45, 7) is 0.818. The van der Waals surface area contributed by atoms with Crippen LogP contribution in [0.4, 0.5) is 5.69 Å². The molecular weight excluding hydrogens is 258 g/mol. The van der Waals surface area contributed by atoms with Crippen LogP contribution in [0.5, 0.6) is 0 Å². The fourth-order valence-electron chi connectivity index (χ4n) is 1.74. The number of aromatic nitrogens is 2. The smallest absolute Gasteiger partial charge is 0.224 e. The van der Waals surface area contributed by atoms with Gasteiger partial charge in [0.1, 0.15) is 0 Å². The predicted octanol–water partition coefficient (Wildman–Crippen LogP) is 3.02. The van der Waals surface area contributed by atoms with Crippen molar-refractivity contribution in [1.29, 1.82) is 0 Å². The maximum absolute atomic E-state index is 11.8. The van der Waals surface area contributed by atoms with E-state index in [-0.39, 0.29) is 5.91 Å². The number of aryl methyl sites for hydroxylation is 1. The molecule has 0 aliphatic rings. The van der Waals surface area contributed by atoms with Crippen molar-refractivity contribution in [2.45, 2.75) is 24.3 Å². The lowest BCUT2D eigenvalue weighted by molar-refractivity contribution is -0.116. The second-order valence-electron chi connectivity index (χ2n) is 4.18. The van der Waals surface area contributed by atoms with E-state index in [2.05, 4.69) is 10.3 Å². The Hall–Kier alpha value is -1.75. The van der Waals surface area contributed by atoms with Crippen LogP contribution >= 0.6 is 11.8 Å². The van der Waals surface area contributed by atoms with Gasteiger partial charge in [-0.3, -0.25) is 4.79 Å². The van der Waals surface area contributed by atoms with E-state index in [0.29, 0.717) is 6.42 Å². The minimum Gasteiger partial charge on any atom is -0.337 e. The lowest BCUT2D eigenvalue weighted by atomic mass is 10.2. The number of amides is 1. The third-order valence-electron chi connectivity index (χ3n) is 2.75. The number of imidazole rings is 1. The van der Waals surface area contributed by atoms with Crippen molar-refractivity contribution in [3.8, 4) is 0 Å². The average Bonchev–Trinajstić information content (AvgIpc) is 2.93. The molecule has 0 aliphatic heterocycles. The standard InChI is InChI=1S/C14H17N3OS/c1-19-13-6-4-12(5-7-13)16-14(18)3-2-9-17-10-8-15-11-17/h4-8,10-11H,2-3,9H2,1H3,(H,16,18). The number of benzene rings is 1. The van der Waals surface area contributed by atoms with Crippen molar-refractivity contribution in [2.24, 2.45) is 0 Å². The molecule has 1 amide bonds. The second-order valence-corrected chi connectivity index (χ2v) is 5.06. The first-order chi connectivity index (χ1) is 9.28. The molecule has 4 nitrogen and oxygen atoms in total. The van der Waals surface area contributed by atoms with Gasteiger partial charge >= 0.3 is 0 Å². The Morgan fingerprint density at radius 2 is 2.16 bits per heavy atom. The highest BCUT2D eigenvalue weighted by molar-refractivity contribution is 7.98. The summed E-state index contributed by atoms with van der Waals surface area (Å²) in [5.74, 6) is 0.0528. The highest BCUT2D eigenvalue weighted by Crippen LogP contribution is 2.17. The Labute approximate surface area is 117 Å². The Bertz CT molecular complexity index is 508. The van der Waals surface area contributed by atoms with Gasteiger partial charge in [-0.25, -0.2) is 4.98 Å². The van der Waals surface area contributed by atoms with Gasteiger partial charge in [0, 0.05) is 35.9 Å². The van der Waals surface area contributed by atoms with E-state index >= 15 is 0 Å². The molecule has 0 fully saturated rings. The van der Waals surface area contributed by atoms with Crippen molar-refractivity contribution in [3.63, 3.8) is 0 Å². The molecule has 0 aliphatic carbocycles. The van der Waals surface area contributed by atoms with Gasteiger partial charge in [0.25, 0.3) is 0 Å². The molecule has 0 saturated heterocycles. The van der Waals surface area contributed by atoms with E-state index in [9.17, 15) is 4.79 Å². The number of thioether (sulfide) groups is 1.